The Hall–Kier alpha value is -1.65. The average Bonchev–Trinajstić information content (AvgIpc) is 2.37. The molecule has 0 radical (unpaired) electrons. The monoisotopic (exact) mass is 299 g/mol. The summed E-state index contributed by atoms with van der Waals surface area (Å²) in [5.41, 5.74) is 0.664. The molecule has 0 atom stereocenters. The highest BCUT2D eigenvalue weighted by Gasteiger charge is 2.15. The standard InChI is InChI=1S/C13H8Cl2FNO2/c1-19-13(18)12-11(16)4-7(6-17-12)9-3-2-8(14)5-10(9)15/h2-6H,1H3. The molecule has 0 N–H and O–H groups in total. The lowest BCUT2D eigenvalue weighted by Gasteiger charge is -2.06. The first-order valence-corrected chi connectivity index (χ1v) is 5.98. The van der Waals surface area contributed by atoms with Gasteiger partial charge in [0.15, 0.2) is 11.5 Å². The van der Waals surface area contributed by atoms with Crippen molar-refractivity contribution in [3.8, 4) is 11.1 Å². The van der Waals surface area contributed by atoms with Crippen molar-refractivity contribution in [1.29, 1.82) is 0 Å². The van der Waals surface area contributed by atoms with Gasteiger partial charge in [0.25, 0.3) is 0 Å². The number of aromatic nitrogens is 1. The molecule has 19 heavy (non-hydrogen) atoms. The summed E-state index contributed by atoms with van der Waals surface area (Å²) in [5, 5.41) is 0.855. The third-order valence-corrected chi connectivity index (χ3v) is 3.01. The molecule has 1 aromatic heterocycles. The summed E-state index contributed by atoms with van der Waals surface area (Å²) in [7, 11) is 1.16. The molecule has 0 aliphatic carbocycles. The fraction of sp³-hybridized carbons (Fsp3) is 0.0769. The molecule has 0 amide bonds. The summed E-state index contributed by atoms with van der Waals surface area (Å²) < 4.78 is 18.2. The van der Waals surface area contributed by atoms with Crippen LogP contribution in [-0.4, -0.2) is 18.1 Å². The lowest BCUT2D eigenvalue weighted by Crippen LogP contribution is -2.07. The quantitative estimate of drug-likeness (QED) is 0.787. The molecule has 0 aliphatic heterocycles. The molecule has 0 saturated heterocycles. The van der Waals surface area contributed by atoms with Crippen molar-refractivity contribution in [2.75, 3.05) is 7.11 Å². The van der Waals surface area contributed by atoms with Crippen LogP contribution < -0.4 is 0 Å². The maximum absolute atomic E-state index is 13.8. The van der Waals surface area contributed by atoms with E-state index < -0.39 is 11.8 Å². The average molecular weight is 300 g/mol. The van der Waals surface area contributed by atoms with Gasteiger partial charge >= 0.3 is 5.97 Å². The van der Waals surface area contributed by atoms with E-state index in [1.54, 1.807) is 18.2 Å². The van der Waals surface area contributed by atoms with Crippen LogP contribution >= 0.6 is 23.2 Å². The van der Waals surface area contributed by atoms with Gasteiger partial charge in [0, 0.05) is 27.4 Å². The second-order valence-electron chi connectivity index (χ2n) is 3.67. The maximum Gasteiger partial charge on any atom is 0.359 e. The van der Waals surface area contributed by atoms with Gasteiger partial charge in [-0.05, 0) is 18.2 Å². The van der Waals surface area contributed by atoms with Crippen LogP contribution in [0.1, 0.15) is 10.5 Å². The van der Waals surface area contributed by atoms with Crippen molar-refractivity contribution in [3.05, 3.63) is 52.0 Å². The minimum absolute atomic E-state index is 0.365. The van der Waals surface area contributed by atoms with Gasteiger partial charge in [-0.15, -0.1) is 0 Å². The molecule has 0 fully saturated rings. The maximum atomic E-state index is 13.8. The van der Waals surface area contributed by atoms with Gasteiger partial charge in [-0.3, -0.25) is 0 Å². The Labute approximate surface area is 118 Å². The third-order valence-electron chi connectivity index (χ3n) is 2.46. The van der Waals surface area contributed by atoms with Gasteiger partial charge in [-0.2, -0.15) is 0 Å². The normalized spacial score (nSPS) is 10.3. The van der Waals surface area contributed by atoms with E-state index in [9.17, 15) is 9.18 Å². The number of esters is 1. The Morgan fingerprint density at radius 3 is 2.63 bits per heavy atom. The Kier molecular flexibility index (Phi) is 4.02. The number of methoxy groups -OCH3 is 1. The lowest BCUT2D eigenvalue weighted by molar-refractivity contribution is 0.0588. The van der Waals surface area contributed by atoms with Crippen LogP contribution in [-0.2, 0) is 4.74 Å². The number of nitrogens with zero attached hydrogens (tertiary/aromatic N) is 1. The first-order chi connectivity index (χ1) is 9.02. The number of hydrogen-bond donors (Lipinski definition) is 0. The zero-order valence-corrected chi connectivity index (χ0v) is 11.3. The molecule has 6 heteroatoms. The number of halogens is 3. The Balaban J connectivity index is 2.47. The predicted molar refractivity (Wildman–Crippen MR) is 71.0 cm³/mol. The number of benzene rings is 1. The summed E-state index contributed by atoms with van der Waals surface area (Å²) in [6.45, 7) is 0. The van der Waals surface area contributed by atoms with E-state index in [2.05, 4.69) is 9.72 Å². The van der Waals surface area contributed by atoms with Crippen molar-refractivity contribution >= 4 is 29.2 Å². The van der Waals surface area contributed by atoms with Crippen molar-refractivity contribution in [2.24, 2.45) is 0 Å². The molecule has 0 aliphatic rings. The van der Waals surface area contributed by atoms with Gasteiger partial charge in [0.05, 0.1) is 7.11 Å². The summed E-state index contributed by atoms with van der Waals surface area (Å²) in [6.07, 6.45) is 1.35. The number of ether oxygens (including phenoxy) is 1. The van der Waals surface area contributed by atoms with Crippen molar-refractivity contribution in [1.82, 2.24) is 4.98 Å². The number of carbonyl (C=O) groups excluding carboxylic acids is 1. The van der Waals surface area contributed by atoms with Crippen molar-refractivity contribution < 1.29 is 13.9 Å². The van der Waals surface area contributed by atoms with Gasteiger partial charge in [-0.25, -0.2) is 14.2 Å². The third kappa shape index (κ3) is 2.85. The molecule has 3 nitrogen and oxygen atoms in total. The second-order valence-corrected chi connectivity index (χ2v) is 4.51. The SMILES string of the molecule is COC(=O)c1ncc(-c2ccc(Cl)cc2Cl)cc1F. The predicted octanol–water partition coefficient (Wildman–Crippen LogP) is 3.98. The van der Waals surface area contributed by atoms with Crippen LogP contribution in [0.25, 0.3) is 11.1 Å². The van der Waals surface area contributed by atoms with Gasteiger partial charge in [0.2, 0.25) is 0 Å². The van der Waals surface area contributed by atoms with E-state index in [0.717, 1.165) is 7.11 Å². The Morgan fingerprint density at radius 1 is 1.32 bits per heavy atom. The van der Waals surface area contributed by atoms with Crippen LogP contribution in [0.3, 0.4) is 0 Å². The minimum Gasteiger partial charge on any atom is -0.464 e. The van der Waals surface area contributed by atoms with Gasteiger partial charge in [0.1, 0.15) is 0 Å². The van der Waals surface area contributed by atoms with Crippen LogP contribution in [0.2, 0.25) is 10.0 Å². The fourth-order valence-electron chi connectivity index (χ4n) is 1.56. The number of rotatable bonds is 2. The number of carbonyl (C=O) groups is 1. The van der Waals surface area contributed by atoms with Crippen molar-refractivity contribution in [3.63, 3.8) is 0 Å². The topological polar surface area (TPSA) is 39.2 Å². The fourth-order valence-corrected chi connectivity index (χ4v) is 2.07. The molecule has 1 aromatic carbocycles. The number of hydrogen-bond acceptors (Lipinski definition) is 3. The highest BCUT2D eigenvalue weighted by atomic mass is 35.5. The van der Waals surface area contributed by atoms with Crippen LogP contribution in [0.5, 0.6) is 0 Å². The molecule has 0 unspecified atom stereocenters. The number of pyridine rings is 1. The van der Waals surface area contributed by atoms with Crippen molar-refractivity contribution in [2.45, 2.75) is 0 Å². The van der Waals surface area contributed by atoms with Gasteiger partial charge < -0.3 is 4.74 Å². The summed E-state index contributed by atoms with van der Waals surface area (Å²) in [6, 6.07) is 6.01. The van der Waals surface area contributed by atoms with E-state index in [0.29, 0.717) is 21.2 Å². The smallest absolute Gasteiger partial charge is 0.359 e. The van der Waals surface area contributed by atoms with Crippen LogP contribution in [0.15, 0.2) is 30.5 Å². The van der Waals surface area contributed by atoms with Crippen LogP contribution in [0.4, 0.5) is 4.39 Å². The zero-order valence-electron chi connectivity index (χ0n) is 9.78. The largest absolute Gasteiger partial charge is 0.464 e. The van der Waals surface area contributed by atoms with E-state index >= 15 is 0 Å². The molecule has 1 heterocycles. The summed E-state index contributed by atoms with van der Waals surface area (Å²) >= 11 is 11.8. The molecule has 0 bridgehead atoms. The highest BCUT2D eigenvalue weighted by Crippen LogP contribution is 2.30. The second kappa shape index (κ2) is 5.55. The first kappa shape index (κ1) is 13.8. The Bertz CT molecular complexity index is 647. The van der Waals surface area contributed by atoms with E-state index in [1.807, 2.05) is 0 Å². The molecule has 98 valence electrons. The van der Waals surface area contributed by atoms with E-state index in [1.165, 1.54) is 12.3 Å². The molecule has 0 spiro atoms. The summed E-state index contributed by atoms with van der Waals surface area (Å²) in [5.74, 6) is -1.60. The molecule has 2 aromatic rings. The van der Waals surface area contributed by atoms with Crippen LogP contribution in [0, 0.1) is 5.82 Å². The van der Waals surface area contributed by atoms with E-state index in [4.69, 9.17) is 23.2 Å². The highest BCUT2D eigenvalue weighted by molar-refractivity contribution is 6.36. The zero-order chi connectivity index (χ0) is 14.0. The molecule has 0 saturated carbocycles. The molecule has 2 rings (SSSR count). The molecular formula is C13H8Cl2FNO2. The molecular weight excluding hydrogens is 292 g/mol. The van der Waals surface area contributed by atoms with Gasteiger partial charge in [-0.1, -0.05) is 29.3 Å². The minimum atomic E-state index is -0.828. The Morgan fingerprint density at radius 2 is 2.05 bits per heavy atom. The lowest BCUT2D eigenvalue weighted by atomic mass is 10.1. The van der Waals surface area contributed by atoms with E-state index in [-0.39, 0.29) is 5.69 Å². The summed E-state index contributed by atoms with van der Waals surface area (Å²) in [4.78, 5) is 15.0. The first-order valence-electron chi connectivity index (χ1n) is 5.22.